The van der Waals surface area contributed by atoms with Gasteiger partial charge in [0, 0.05) is 19.3 Å². The Kier molecular flexibility index (Phi) is 7.68. The highest BCUT2D eigenvalue weighted by atomic mass is 16.4. The fourth-order valence-corrected chi connectivity index (χ4v) is 1.91. The van der Waals surface area contributed by atoms with E-state index in [0.29, 0.717) is 5.56 Å². The van der Waals surface area contributed by atoms with Crippen LogP contribution in [0, 0.1) is 0 Å². The van der Waals surface area contributed by atoms with Gasteiger partial charge in [-0.2, -0.15) is 0 Å². The molecule has 1 N–H and O–H groups in total. The van der Waals surface area contributed by atoms with Crippen LogP contribution in [0.5, 0.6) is 0 Å². The lowest BCUT2D eigenvalue weighted by Crippen LogP contribution is -2.14. The summed E-state index contributed by atoms with van der Waals surface area (Å²) in [7, 11) is 0. The first-order valence-corrected chi connectivity index (χ1v) is 7.48. The van der Waals surface area contributed by atoms with E-state index in [1.165, 1.54) is 0 Å². The summed E-state index contributed by atoms with van der Waals surface area (Å²) in [5.74, 6) is -0.950. The van der Waals surface area contributed by atoms with Crippen LogP contribution >= 0.6 is 0 Å². The van der Waals surface area contributed by atoms with E-state index in [1.807, 2.05) is 43.5 Å². The summed E-state index contributed by atoms with van der Waals surface area (Å²) in [6, 6.07) is 8.17. The van der Waals surface area contributed by atoms with Gasteiger partial charge >= 0.3 is 5.97 Å². The SMILES string of the molecule is CCN(/C=C/C=C(\C)C=N[C@@H](C(=O)O)c1ccccc1)CC. The number of aliphatic imine (C=N–C) groups is 1. The first-order chi connectivity index (χ1) is 10.6. The predicted molar refractivity (Wildman–Crippen MR) is 91.1 cm³/mol. The van der Waals surface area contributed by atoms with E-state index in [2.05, 4.69) is 23.7 Å². The smallest absolute Gasteiger partial charge is 0.333 e. The second-order valence-corrected chi connectivity index (χ2v) is 4.90. The Hall–Kier alpha value is -2.36. The minimum absolute atomic E-state index is 0.678. The van der Waals surface area contributed by atoms with Crippen molar-refractivity contribution in [1.29, 1.82) is 0 Å². The van der Waals surface area contributed by atoms with Crippen LogP contribution in [0.25, 0.3) is 0 Å². The van der Waals surface area contributed by atoms with Crippen LogP contribution in [0.3, 0.4) is 0 Å². The molecule has 0 aliphatic heterocycles. The standard InChI is InChI=1S/C18H24N2O2/c1-4-20(5-2)13-9-10-15(3)14-19-17(18(21)22)16-11-7-6-8-12-16/h6-14,17H,4-5H2,1-3H3,(H,21,22)/b13-9+,15-10+,19-14?/t17-/m1/s1. The molecule has 0 radical (unpaired) electrons. The van der Waals surface area contributed by atoms with Crippen molar-refractivity contribution in [2.24, 2.45) is 4.99 Å². The number of aliphatic carboxylic acids is 1. The fraction of sp³-hybridized carbons (Fsp3) is 0.333. The Morgan fingerprint density at radius 2 is 1.91 bits per heavy atom. The molecule has 1 rings (SSSR count). The molecule has 0 aliphatic carbocycles. The third-order valence-corrected chi connectivity index (χ3v) is 3.24. The lowest BCUT2D eigenvalue weighted by molar-refractivity contribution is -0.138. The van der Waals surface area contributed by atoms with Crippen LogP contribution in [-0.2, 0) is 4.79 Å². The molecule has 0 spiro atoms. The summed E-state index contributed by atoms with van der Waals surface area (Å²) >= 11 is 0. The van der Waals surface area contributed by atoms with Crippen molar-refractivity contribution in [3.8, 4) is 0 Å². The number of nitrogens with zero attached hydrogens (tertiary/aromatic N) is 2. The second kappa shape index (κ2) is 9.55. The number of hydrogen-bond donors (Lipinski definition) is 1. The minimum Gasteiger partial charge on any atom is -0.479 e. The third-order valence-electron chi connectivity index (χ3n) is 3.24. The lowest BCUT2D eigenvalue weighted by atomic mass is 10.1. The van der Waals surface area contributed by atoms with E-state index in [4.69, 9.17) is 0 Å². The highest BCUT2D eigenvalue weighted by Crippen LogP contribution is 2.17. The van der Waals surface area contributed by atoms with Gasteiger partial charge in [0.1, 0.15) is 0 Å². The van der Waals surface area contributed by atoms with E-state index in [-0.39, 0.29) is 0 Å². The maximum absolute atomic E-state index is 11.3. The van der Waals surface area contributed by atoms with Crippen molar-refractivity contribution in [2.45, 2.75) is 26.8 Å². The second-order valence-electron chi connectivity index (χ2n) is 4.90. The van der Waals surface area contributed by atoms with Crippen LogP contribution < -0.4 is 0 Å². The van der Waals surface area contributed by atoms with Gasteiger partial charge in [0.15, 0.2) is 6.04 Å². The molecule has 0 aliphatic rings. The van der Waals surface area contributed by atoms with Crippen molar-refractivity contribution in [2.75, 3.05) is 13.1 Å². The first kappa shape index (κ1) is 17.7. The molecule has 0 saturated heterocycles. The summed E-state index contributed by atoms with van der Waals surface area (Å²) in [5, 5.41) is 9.30. The zero-order valence-corrected chi connectivity index (χ0v) is 13.4. The van der Waals surface area contributed by atoms with Gasteiger partial charge in [-0.05, 0) is 44.2 Å². The largest absolute Gasteiger partial charge is 0.479 e. The number of allylic oxidation sites excluding steroid dienone is 3. The van der Waals surface area contributed by atoms with Gasteiger partial charge in [-0.25, -0.2) is 4.79 Å². The molecule has 0 unspecified atom stereocenters. The quantitative estimate of drug-likeness (QED) is 0.588. The number of carboxylic acids is 1. The summed E-state index contributed by atoms with van der Waals surface area (Å²) < 4.78 is 0. The Labute approximate surface area is 132 Å². The molecule has 0 fully saturated rings. The minimum atomic E-state index is -0.950. The molecule has 1 aromatic rings. The van der Waals surface area contributed by atoms with Crippen LogP contribution in [0.1, 0.15) is 32.4 Å². The van der Waals surface area contributed by atoms with Crippen molar-refractivity contribution in [3.05, 3.63) is 59.8 Å². The van der Waals surface area contributed by atoms with Gasteiger partial charge < -0.3 is 10.0 Å². The van der Waals surface area contributed by atoms with Gasteiger partial charge in [-0.3, -0.25) is 4.99 Å². The Bertz CT molecular complexity index is 543. The van der Waals surface area contributed by atoms with Gasteiger partial charge in [0.25, 0.3) is 0 Å². The van der Waals surface area contributed by atoms with Crippen molar-refractivity contribution in [3.63, 3.8) is 0 Å². The molecular weight excluding hydrogens is 276 g/mol. The average molecular weight is 300 g/mol. The van der Waals surface area contributed by atoms with Gasteiger partial charge in [0.2, 0.25) is 0 Å². The van der Waals surface area contributed by atoms with Gasteiger partial charge in [0.05, 0.1) is 0 Å². The molecule has 0 heterocycles. The number of carboxylic acid groups (broad SMARTS) is 1. The lowest BCUT2D eigenvalue weighted by Gasteiger charge is -2.13. The molecule has 118 valence electrons. The average Bonchev–Trinajstić information content (AvgIpc) is 2.52. The molecule has 22 heavy (non-hydrogen) atoms. The third kappa shape index (κ3) is 5.95. The molecule has 4 nitrogen and oxygen atoms in total. The van der Waals surface area contributed by atoms with Crippen LogP contribution in [0.15, 0.2) is 59.2 Å². The molecule has 0 saturated carbocycles. The molecular formula is C18H24N2O2. The van der Waals surface area contributed by atoms with E-state index in [1.54, 1.807) is 18.3 Å². The van der Waals surface area contributed by atoms with Crippen molar-refractivity contribution >= 4 is 12.2 Å². The summed E-state index contributed by atoms with van der Waals surface area (Å²) in [5.41, 5.74) is 1.59. The fourth-order valence-electron chi connectivity index (χ4n) is 1.91. The Morgan fingerprint density at radius 1 is 1.27 bits per heavy atom. The summed E-state index contributed by atoms with van der Waals surface area (Å²) in [6.45, 7) is 8.03. The predicted octanol–water partition coefficient (Wildman–Crippen LogP) is 3.68. The number of hydrogen-bond acceptors (Lipinski definition) is 3. The summed E-state index contributed by atoms with van der Waals surface area (Å²) in [4.78, 5) is 17.7. The number of benzene rings is 1. The summed E-state index contributed by atoms with van der Waals surface area (Å²) in [6.07, 6.45) is 7.50. The zero-order valence-electron chi connectivity index (χ0n) is 13.4. The molecule has 0 amide bonds. The highest BCUT2D eigenvalue weighted by molar-refractivity contribution is 5.83. The molecule has 0 aromatic heterocycles. The van der Waals surface area contributed by atoms with Crippen LogP contribution in [0.4, 0.5) is 0 Å². The van der Waals surface area contributed by atoms with E-state index in [9.17, 15) is 9.90 Å². The highest BCUT2D eigenvalue weighted by Gasteiger charge is 2.16. The normalized spacial score (nSPS) is 13.7. The molecule has 4 heteroatoms. The Morgan fingerprint density at radius 3 is 2.45 bits per heavy atom. The first-order valence-electron chi connectivity index (χ1n) is 7.48. The Balaban J connectivity index is 2.77. The number of rotatable bonds is 8. The van der Waals surface area contributed by atoms with E-state index >= 15 is 0 Å². The van der Waals surface area contributed by atoms with E-state index in [0.717, 1.165) is 18.7 Å². The van der Waals surface area contributed by atoms with Crippen LogP contribution in [0.2, 0.25) is 0 Å². The monoisotopic (exact) mass is 300 g/mol. The van der Waals surface area contributed by atoms with Crippen molar-refractivity contribution < 1.29 is 9.90 Å². The maximum atomic E-state index is 11.3. The van der Waals surface area contributed by atoms with Gasteiger partial charge in [-0.15, -0.1) is 0 Å². The van der Waals surface area contributed by atoms with Crippen molar-refractivity contribution in [1.82, 2.24) is 4.90 Å². The zero-order chi connectivity index (χ0) is 16.4. The number of carbonyl (C=O) groups is 1. The van der Waals surface area contributed by atoms with Crippen LogP contribution in [-0.4, -0.2) is 35.3 Å². The molecule has 1 atom stereocenters. The maximum Gasteiger partial charge on any atom is 0.333 e. The van der Waals surface area contributed by atoms with Gasteiger partial charge in [-0.1, -0.05) is 36.4 Å². The topological polar surface area (TPSA) is 52.9 Å². The molecule has 0 bridgehead atoms. The van der Waals surface area contributed by atoms with E-state index < -0.39 is 12.0 Å². The molecule has 1 aromatic carbocycles.